The Morgan fingerprint density at radius 3 is 2.53 bits per heavy atom. The maximum atomic E-state index is 11.0. The van der Waals surface area contributed by atoms with Gasteiger partial charge < -0.3 is 19.3 Å². The lowest BCUT2D eigenvalue weighted by atomic mass is 10.1. The van der Waals surface area contributed by atoms with Crippen molar-refractivity contribution in [2.45, 2.75) is 38.2 Å². The van der Waals surface area contributed by atoms with Crippen LogP contribution in [0.15, 0.2) is 5.11 Å². The summed E-state index contributed by atoms with van der Waals surface area (Å²) in [4.78, 5) is 24.5. The van der Waals surface area contributed by atoms with Crippen LogP contribution in [0.4, 0.5) is 0 Å². The molecular formula is C10H15N3O6. The zero-order valence-corrected chi connectivity index (χ0v) is 10.6. The van der Waals surface area contributed by atoms with Gasteiger partial charge in [0.2, 0.25) is 0 Å². The fourth-order valence-electron chi connectivity index (χ4n) is 1.84. The fourth-order valence-corrected chi connectivity index (χ4v) is 1.84. The van der Waals surface area contributed by atoms with Crippen LogP contribution < -0.4 is 0 Å². The van der Waals surface area contributed by atoms with E-state index in [2.05, 4.69) is 10.0 Å². The zero-order valence-electron chi connectivity index (χ0n) is 10.6. The second kappa shape index (κ2) is 6.93. The maximum Gasteiger partial charge on any atom is 0.303 e. The van der Waals surface area contributed by atoms with E-state index < -0.39 is 42.9 Å². The lowest BCUT2D eigenvalue weighted by molar-refractivity contribution is -0.155. The van der Waals surface area contributed by atoms with Crippen LogP contribution in [0, 0.1) is 0 Å². The van der Waals surface area contributed by atoms with Crippen molar-refractivity contribution in [2.75, 3.05) is 13.2 Å². The number of aliphatic hydroxyl groups is 1. The number of esters is 2. The molecule has 19 heavy (non-hydrogen) atoms. The molecule has 1 N–H and O–H groups in total. The van der Waals surface area contributed by atoms with Gasteiger partial charge in [-0.25, -0.2) is 0 Å². The summed E-state index contributed by atoms with van der Waals surface area (Å²) in [6, 6.07) is -0.862. The number of carbonyl (C=O) groups is 2. The van der Waals surface area contributed by atoms with Crippen molar-refractivity contribution in [1.29, 1.82) is 0 Å². The summed E-state index contributed by atoms with van der Waals surface area (Å²) >= 11 is 0. The molecule has 4 atom stereocenters. The molecule has 1 aliphatic heterocycles. The molecule has 0 radical (unpaired) electrons. The largest absolute Gasteiger partial charge is 0.463 e. The van der Waals surface area contributed by atoms with E-state index in [9.17, 15) is 9.59 Å². The number of nitrogens with zero attached hydrogens (tertiary/aromatic N) is 3. The monoisotopic (exact) mass is 273 g/mol. The highest BCUT2D eigenvalue weighted by molar-refractivity contribution is 5.66. The number of hydrogen-bond acceptors (Lipinski definition) is 7. The Morgan fingerprint density at radius 2 is 2.05 bits per heavy atom. The van der Waals surface area contributed by atoms with Crippen LogP contribution in [0.5, 0.6) is 0 Å². The van der Waals surface area contributed by atoms with Gasteiger partial charge in [-0.05, 0) is 5.53 Å². The molecule has 0 unspecified atom stereocenters. The van der Waals surface area contributed by atoms with Crippen molar-refractivity contribution in [3.8, 4) is 0 Å². The van der Waals surface area contributed by atoms with Crippen LogP contribution >= 0.6 is 0 Å². The number of hydrogen-bond donors (Lipinski definition) is 1. The van der Waals surface area contributed by atoms with Gasteiger partial charge in [0.1, 0.15) is 24.9 Å². The molecular weight excluding hydrogens is 258 g/mol. The Labute approximate surface area is 109 Å². The summed E-state index contributed by atoms with van der Waals surface area (Å²) < 4.78 is 15.2. The van der Waals surface area contributed by atoms with Crippen LogP contribution in [-0.2, 0) is 23.8 Å². The third-order valence-corrected chi connectivity index (χ3v) is 2.55. The standard InChI is InChI=1S/C10H15N3O6/c1-5(15)17-4-8-10(18-6(2)16)9(12-13-11)7(3-14)19-8/h7-10,14H,3-4H2,1-2H3/t7-,8-,9+,10-/m1/s1. The topological polar surface area (TPSA) is 131 Å². The second-order valence-corrected chi connectivity index (χ2v) is 3.97. The predicted octanol–water partition coefficient (Wildman–Crippen LogP) is -0.0802. The molecule has 0 spiro atoms. The Hall–Kier alpha value is -1.83. The lowest BCUT2D eigenvalue weighted by Crippen LogP contribution is -2.38. The van der Waals surface area contributed by atoms with Gasteiger partial charge in [0, 0.05) is 18.8 Å². The average Bonchev–Trinajstić information content (AvgIpc) is 2.65. The van der Waals surface area contributed by atoms with Crippen LogP contribution in [0.3, 0.4) is 0 Å². The second-order valence-electron chi connectivity index (χ2n) is 3.97. The Bertz CT molecular complexity index is 395. The molecule has 106 valence electrons. The molecule has 1 saturated heterocycles. The van der Waals surface area contributed by atoms with Crippen LogP contribution in [0.25, 0.3) is 10.4 Å². The molecule has 1 rings (SSSR count). The number of carbonyl (C=O) groups excluding carboxylic acids is 2. The molecule has 0 aromatic carbocycles. The number of ether oxygens (including phenoxy) is 3. The highest BCUT2D eigenvalue weighted by Gasteiger charge is 2.46. The first kappa shape index (κ1) is 15.2. The van der Waals surface area contributed by atoms with Gasteiger partial charge >= 0.3 is 11.9 Å². The predicted molar refractivity (Wildman–Crippen MR) is 60.9 cm³/mol. The molecule has 1 aliphatic rings. The third kappa shape index (κ3) is 4.09. The summed E-state index contributed by atoms with van der Waals surface area (Å²) in [5, 5.41) is 12.6. The van der Waals surface area contributed by atoms with E-state index in [-0.39, 0.29) is 6.61 Å². The maximum absolute atomic E-state index is 11.0. The smallest absolute Gasteiger partial charge is 0.303 e. The van der Waals surface area contributed by atoms with Crippen molar-refractivity contribution < 1.29 is 28.9 Å². The summed E-state index contributed by atoms with van der Waals surface area (Å²) in [5.41, 5.74) is 8.49. The summed E-state index contributed by atoms with van der Waals surface area (Å²) in [7, 11) is 0. The van der Waals surface area contributed by atoms with E-state index in [0.717, 1.165) is 0 Å². The van der Waals surface area contributed by atoms with Gasteiger partial charge in [0.05, 0.1) is 12.7 Å². The number of aliphatic hydroxyl groups excluding tert-OH is 1. The first-order valence-electron chi connectivity index (χ1n) is 5.60. The summed E-state index contributed by atoms with van der Waals surface area (Å²) in [6.07, 6.45) is -2.48. The van der Waals surface area contributed by atoms with E-state index in [0.29, 0.717) is 0 Å². The normalized spacial score (nSPS) is 29.4. The van der Waals surface area contributed by atoms with Crippen molar-refractivity contribution >= 4 is 11.9 Å². The molecule has 0 aliphatic carbocycles. The van der Waals surface area contributed by atoms with E-state index in [1.807, 2.05) is 0 Å². The number of rotatable bonds is 5. The van der Waals surface area contributed by atoms with Gasteiger partial charge in [0.25, 0.3) is 0 Å². The van der Waals surface area contributed by atoms with E-state index in [4.69, 9.17) is 24.8 Å². The van der Waals surface area contributed by atoms with Gasteiger partial charge in [0.15, 0.2) is 0 Å². The molecule has 0 aromatic rings. The minimum Gasteiger partial charge on any atom is -0.463 e. The minimum absolute atomic E-state index is 0.152. The molecule has 1 heterocycles. The van der Waals surface area contributed by atoms with Crippen molar-refractivity contribution in [2.24, 2.45) is 5.11 Å². The van der Waals surface area contributed by atoms with E-state index in [1.54, 1.807) is 0 Å². The zero-order chi connectivity index (χ0) is 14.4. The molecule has 0 amide bonds. The van der Waals surface area contributed by atoms with Crippen LogP contribution in [0.1, 0.15) is 13.8 Å². The lowest BCUT2D eigenvalue weighted by Gasteiger charge is -2.20. The summed E-state index contributed by atoms with van der Waals surface area (Å²) in [6.45, 7) is 1.87. The Balaban J connectivity index is 2.85. The Morgan fingerprint density at radius 1 is 1.37 bits per heavy atom. The highest BCUT2D eigenvalue weighted by atomic mass is 16.6. The molecule has 1 fully saturated rings. The summed E-state index contributed by atoms with van der Waals surface area (Å²) in [5.74, 6) is -1.10. The molecule has 0 aromatic heterocycles. The molecule has 0 saturated carbocycles. The first-order chi connectivity index (χ1) is 8.99. The quantitative estimate of drug-likeness (QED) is 0.322. The van der Waals surface area contributed by atoms with Crippen LogP contribution in [0.2, 0.25) is 0 Å². The van der Waals surface area contributed by atoms with Gasteiger partial charge in [-0.3, -0.25) is 9.59 Å². The van der Waals surface area contributed by atoms with Crippen molar-refractivity contribution in [1.82, 2.24) is 0 Å². The van der Waals surface area contributed by atoms with Crippen molar-refractivity contribution in [3.63, 3.8) is 0 Å². The van der Waals surface area contributed by atoms with E-state index in [1.165, 1.54) is 13.8 Å². The minimum atomic E-state index is -0.898. The molecule has 0 bridgehead atoms. The average molecular weight is 273 g/mol. The fraction of sp³-hybridized carbons (Fsp3) is 0.800. The highest BCUT2D eigenvalue weighted by Crippen LogP contribution is 2.27. The number of azide groups is 1. The van der Waals surface area contributed by atoms with E-state index >= 15 is 0 Å². The SMILES string of the molecule is CC(=O)OC[C@H]1O[C@H](CO)[C@H](N=[N+]=[N-])[C@@H]1OC(C)=O. The van der Waals surface area contributed by atoms with Crippen molar-refractivity contribution in [3.05, 3.63) is 10.4 Å². The van der Waals surface area contributed by atoms with Gasteiger partial charge in [-0.15, -0.1) is 0 Å². The first-order valence-corrected chi connectivity index (χ1v) is 5.60. The third-order valence-electron chi connectivity index (χ3n) is 2.55. The Kier molecular flexibility index (Phi) is 5.56. The molecule has 9 nitrogen and oxygen atoms in total. The van der Waals surface area contributed by atoms with Gasteiger partial charge in [-0.2, -0.15) is 0 Å². The molecule has 9 heteroatoms. The van der Waals surface area contributed by atoms with Crippen LogP contribution in [-0.4, -0.2) is 54.6 Å². The van der Waals surface area contributed by atoms with Gasteiger partial charge in [-0.1, -0.05) is 5.11 Å².